The van der Waals surface area contributed by atoms with E-state index in [1.165, 1.54) is 5.56 Å². The Kier molecular flexibility index (Phi) is 6.09. The van der Waals surface area contributed by atoms with Gasteiger partial charge in [-0.1, -0.05) is 29.8 Å². The monoisotopic (exact) mass is 405 g/mol. The fourth-order valence-corrected chi connectivity index (χ4v) is 3.99. The highest BCUT2D eigenvalue weighted by atomic mass is 16.5. The summed E-state index contributed by atoms with van der Waals surface area (Å²) in [6.45, 7) is 9.22. The van der Waals surface area contributed by atoms with E-state index in [1.807, 2.05) is 36.4 Å². The number of aromatic nitrogens is 1. The second-order valence-electron chi connectivity index (χ2n) is 8.55. The number of aromatic amines is 1. The number of hydrogen-bond donors (Lipinski definition) is 2. The lowest BCUT2D eigenvalue weighted by Gasteiger charge is -2.34. The summed E-state index contributed by atoms with van der Waals surface area (Å²) in [5, 5.41) is 3.98. The third-order valence-electron chi connectivity index (χ3n) is 5.92. The Hall–Kier alpha value is -2.79. The maximum atomic E-state index is 12.6. The third kappa shape index (κ3) is 4.85. The van der Waals surface area contributed by atoms with Crippen LogP contribution in [0.25, 0.3) is 10.9 Å². The Morgan fingerprint density at radius 1 is 1.13 bits per heavy atom. The molecule has 0 aliphatic carbocycles. The predicted octanol–water partition coefficient (Wildman–Crippen LogP) is 4.66. The standard InChI is InChI=1S/C25H31N3O2/c1-17(2)28-12-10-21(11-13-28)30-22-8-9-23-20(14-22)15-24(27-23)25(29)26-16-19-6-4-18(3)5-7-19/h4-9,14-15,17,21,27H,10-13,16H2,1-3H3,(H,26,29). The van der Waals surface area contributed by atoms with Crippen molar-refractivity contribution >= 4 is 16.8 Å². The van der Waals surface area contributed by atoms with Crippen molar-refractivity contribution in [2.75, 3.05) is 13.1 Å². The van der Waals surface area contributed by atoms with Gasteiger partial charge in [-0.25, -0.2) is 0 Å². The van der Waals surface area contributed by atoms with E-state index in [-0.39, 0.29) is 12.0 Å². The summed E-state index contributed by atoms with van der Waals surface area (Å²) >= 11 is 0. The van der Waals surface area contributed by atoms with Gasteiger partial charge in [-0.2, -0.15) is 0 Å². The van der Waals surface area contributed by atoms with Crippen LogP contribution in [0.15, 0.2) is 48.5 Å². The summed E-state index contributed by atoms with van der Waals surface area (Å²) in [7, 11) is 0. The zero-order chi connectivity index (χ0) is 21.1. The molecule has 1 aliphatic rings. The van der Waals surface area contributed by atoms with Crippen LogP contribution in [0.4, 0.5) is 0 Å². The number of ether oxygens (including phenoxy) is 1. The molecule has 3 aromatic rings. The molecule has 2 aromatic carbocycles. The molecule has 30 heavy (non-hydrogen) atoms. The lowest BCUT2D eigenvalue weighted by molar-refractivity contribution is 0.0844. The summed E-state index contributed by atoms with van der Waals surface area (Å²) < 4.78 is 6.24. The molecule has 5 nitrogen and oxygen atoms in total. The van der Waals surface area contributed by atoms with Gasteiger partial charge in [0, 0.05) is 36.6 Å². The summed E-state index contributed by atoms with van der Waals surface area (Å²) in [5.41, 5.74) is 3.81. The van der Waals surface area contributed by atoms with Crippen LogP contribution in [-0.4, -0.2) is 41.0 Å². The smallest absolute Gasteiger partial charge is 0.267 e. The predicted molar refractivity (Wildman–Crippen MR) is 121 cm³/mol. The fourth-order valence-electron chi connectivity index (χ4n) is 3.99. The number of amides is 1. The van der Waals surface area contributed by atoms with Crippen molar-refractivity contribution in [2.45, 2.75) is 52.3 Å². The van der Waals surface area contributed by atoms with Crippen LogP contribution >= 0.6 is 0 Å². The fraction of sp³-hybridized carbons (Fsp3) is 0.400. The number of benzene rings is 2. The number of nitrogens with one attached hydrogen (secondary N) is 2. The highest BCUT2D eigenvalue weighted by Crippen LogP contribution is 2.25. The molecule has 0 bridgehead atoms. The summed E-state index contributed by atoms with van der Waals surface area (Å²) in [6, 6.07) is 16.7. The van der Waals surface area contributed by atoms with Gasteiger partial charge in [0.2, 0.25) is 0 Å². The number of carbonyl (C=O) groups is 1. The second kappa shape index (κ2) is 8.92. The second-order valence-corrected chi connectivity index (χ2v) is 8.55. The maximum Gasteiger partial charge on any atom is 0.267 e. The zero-order valence-corrected chi connectivity index (χ0v) is 18.1. The van der Waals surface area contributed by atoms with Gasteiger partial charge in [-0.05, 0) is 63.4 Å². The number of rotatable bonds is 6. The molecule has 5 heteroatoms. The van der Waals surface area contributed by atoms with Crippen molar-refractivity contribution in [2.24, 2.45) is 0 Å². The van der Waals surface area contributed by atoms with Crippen LogP contribution in [0, 0.1) is 6.92 Å². The minimum absolute atomic E-state index is 0.102. The Morgan fingerprint density at radius 3 is 2.57 bits per heavy atom. The third-order valence-corrected chi connectivity index (χ3v) is 5.92. The van der Waals surface area contributed by atoms with Crippen LogP contribution < -0.4 is 10.1 Å². The molecular formula is C25H31N3O2. The molecule has 0 unspecified atom stereocenters. The van der Waals surface area contributed by atoms with Crippen molar-refractivity contribution in [1.82, 2.24) is 15.2 Å². The zero-order valence-electron chi connectivity index (χ0n) is 18.1. The van der Waals surface area contributed by atoms with Gasteiger partial charge in [0.05, 0.1) is 0 Å². The van der Waals surface area contributed by atoms with Crippen LogP contribution in [0.3, 0.4) is 0 Å². The number of carbonyl (C=O) groups excluding carboxylic acids is 1. The van der Waals surface area contributed by atoms with E-state index in [0.29, 0.717) is 18.3 Å². The molecule has 0 atom stereocenters. The quantitative estimate of drug-likeness (QED) is 0.627. The van der Waals surface area contributed by atoms with E-state index in [9.17, 15) is 4.79 Å². The average molecular weight is 406 g/mol. The molecule has 2 heterocycles. The van der Waals surface area contributed by atoms with Gasteiger partial charge in [-0.15, -0.1) is 0 Å². The molecular weight excluding hydrogens is 374 g/mol. The molecule has 1 saturated heterocycles. The Balaban J connectivity index is 1.37. The number of likely N-dealkylation sites (tertiary alicyclic amines) is 1. The number of piperidine rings is 1. The van der Waals surface area contributed by atoms with Crippen LogP contribution in [0.5, 0.6) is 5.75 Å². The Bertz CT molecular complexity index is 999. The average Bonchev–Trinajstić information content (AvgIpc) is 3.17. The molecule has 1 aliphatic heterocycles. The minimum Gasteiger partial charge on any atom is -0.490 e. The van der Waals surface area contributed by atoms with E-state index in [4.69, 9.17) is 4.74 Å². The number of H-pyrrole nitrogens is 1. The number of nitrogens with zero attached hydrogens (tertiary/aromatic N) is 1. The summed E-state index contributed by atoms with van der Waals surface area (Å²) in [4.78, 5) is 18.3. The molecule has 1 amide bonds. The van der Waals surface area contributed by atoms with Crippen molar-refractivity contribution in [3.8, 4) is 5.75 Å². The first kappa shape index (κ1) is 20.5. The van der Waals surface area contributed by atoms with E-state index in [2.05, 4.69) is 48.1 Å². The summed E-state index contributed by atoms with van der Waals surface area (Å²) in [5.74, 6) is 0.770. The highest BCUT2D eigenvalue weighted by Gasteiger charge is 2.22. The Morgan fingerprint density at radius 2 is 1.87 bits per heavy atom. The van der Waals surface area contributed by atoms with Gasteiger partial charge < -0.3 is 19.9 Å². The van der Waals surface area contributed by atoms with Gasteiger partial charge in [0.15, 0.2) is 0 Å². The number of fused-ring (bicyclic) bond motifs is 1. The molecule has 2 N–H and O–H groups in total. The van der Waals surface area contributed by atoms with Crippen LogP contribution in [0.1, 0.15) is 48.3 Å². The first-order valence-electron chi connectivity index (χ1n) is 10.8. The molecule has 0 saturated carbocycles. The van der Waals surface area contributed by atoms with E-state index >= 15 is 0 Å². The number of aryl methyl sites for hydroxylation is 1. The van der Waals surface area contributed by atoms with Crippen LogP contribution in [0.2, 0.25) is 0 Å². The van der Waals surface area contributed by atoms with Crippen molar-refractivity contribution in [3.05, 3.63) is 65.4 Å². The van der Waals surface area contributed by atoms with Crippen LogP contribution in [-0.2, 0) is 6.54 Å². The van der Waals surface area contributed by atoms with Crippen molar-refractivity contribution in [1.29, 1.82) is 0 Å². The summed E-state index contributed by atoms with van der Waals surface area (Å²) in [6.07, 6.45) is 2.36. The van der Waals surface area contributed by atoms with Gasteiger partial charge in [0.1, 0.15) is 17.5 Å². The Labute approximate surface area is 178 Å². The van der Waals surface area contributed by atoms with Gasteiger partial charge in [-0.3, -0.25) is 4.79 Å². The van der Waals surface area contributed by atoms with Crippen molar-refractivity contribution < 1.29 is 9.53 Å². The highest BCUT2D eigenvalue weighted by molar-refractivity contribution is 5.98. The van der Waals surface area contributed by atoms with E-state index < -0.39 is 0 Å². The minimum atomic E-state index is -0.102. The first-order chi connectivity index (χ1) is 14.5. The maximum absolute atomic E-state index is 12.6. The lowest BCUT2D eigenvalue weighted by Crippen LogP contribution is -2.41. The normalized spacial score (nSPS) is 15.6. The molecule has 4 rings (SSSR count). The van der Waals surface area contributed by atoms with Crippen molar-refractivity contribution in [3.63, 3.8) is 0 Å². The SMILES string of the molecule is Cc1ccc(CNC(=O)c2cc3cc(OC4CCN(C(C)C)CC4)ccc3[nH]2)cc1. The lowest BCUT2D eigenvalue weighted by atomic mass is 10.1. The van der Waals surface area contributed by atoms with E-state index in [0.717, 1.165) is 48.1 Å². The van der Waals surface area contributed by atoms with E-state index in [1.54, 1.807) is 0 Å². The first-order valence-corrected chi connectivity index (χ1v) is 10.8. The van der Waals surface area contributed by atoms with Gasteiger partial charge >= 0.3 is 0 Å². The molecule has 1 fully saturated rings. The molecule has 1 aromatic heterocycles. The molecule has 158 valence electrons. The van der Waals surface area contributed by atoms with Gasteiger partial charge in [0.25, 0.3) is 5.91 Å². The number of hydrogen-bond acceptors (Lipinski definition) is 3. The molecule has 0 spiro atoms. The molecule has 0 radical (unpaired) electrons. The topological polar surface area (TPSA) is 57.4 Å². The largest absolute Gasteiger partial charge is 0.490 e.